The summed E-state index contributed by atoms with van der Waals surface area (Å²) < 4.78 is 65.5. The molecule has 9 heteroatoms. The minimum atomic E-state index is -4.24. The standard InChI is InChI=1S/C10H12F3NO4S/c11-10(12,13)5-1-2-6-14-19(16,17)9-4-3-8(7-15)18-9/h3-4,7,14H,1-2,5-6H2. The van der Waals surface area contributed by atoms with Crippen molar-refractivity contribution in [3.63, 3.8) is 0 Å². The van der Waals surface area contributed by atoms with Gasteiger partial charge in [0.1, 0.15) is 0 Å². The van der Waals surface area contributed by atoms with Gasteiger partial charge in [0.15, 0.2) is 12.0 Å². The highest BCUT2D eigenvalue weighted by molar-refractivity contribution is 7.89. The molecule has 0 unspecified atom stereocenters. The summed E-state index contributed by atoms with van der Waals surface area (Å²) in [6.45, 7) is -0.129. The molecule has 1 rings (SSSR count). The van der Waals surface area contributed by atoms with E-state index in [4.69, 9.17) is 4.42 Å². The van der Waals surface area contributed by atoms with E-state index in [0.717, 1.165) is 6.07 Å². The SMILES string of the molecule is O=Cc1ccc(S(=O)(=O)NCCCCC(F)(F)F)o1. The van der Waals surface area contributed by atoms with Gasteiger partial charge >= 0.3 is 6.18 Å². The zero-order valence-electron chi connectivity index (χ0n) is 9.74. The van der Waals surface area contributed by atoms with E-state index in [-0.39, 0.29) is 25.1 Å². The number of alkyl halides is 3. The minimum Gasteiger partial charge on any atom is -0.440 e. The Kier molecular flexibility index (Phi) is 5.12. The first kappa shape index (κ1) is 15.7. The van der Waals surface area contributed by atoms with E-state index in [1.807, 2.05) is 0 Å². The van der Waals surface area contributed by atoms with E-state index in [0.29, 0.717) is 6.29 Å². The highest BCUT2D eigenvalue weighted by Gasteiger charge is 2.26. The van der Waals surface area contributed by atoms with E-state index in [9.17, 15) is 26.4 Å². The van der Waals surface area contributed by atoms with Gasteiger partial charge in [0.05, 0.1) is 0 Å². The molecule has 0 aliphatic heterocycles. The zero-order valence-corrected chi connectivity index (χ0v) is 10.6. The number of hydrogen-bond donors (Lipinski definition) is 1. The highest BCUT2D eigenvalue weighted by atomic mass is 32.2. The van der Waals surface area contributed by atoms with Gasteiger partial charge in [0.25, 0.3) is 10.0 Å². The zero-order chi connectivity index (χ0) is 14.5. The molecule has 0 amide bonds. The number of aldehydes is 1. The lowest BCUT2D eigenvalue weighted by Gasteiger charge is -2.06. The number of sulfonamides is 1. The number of halogens is 3. The van der Waals surface area contributed by atoms with Gasteiger partial charge in [-0.05, 0) is 25.0 Å². The van der Waals surface area contributed by atoms with Crippen molar-refractivity contribution in [2.45, 2.75) is 30.5 Å². The van der Waals surface area contributed by atoms with Crippen LogP contribution in [0, 0.1) is 0 Å². The minimum absolute atomic E-state index is 0.0555. The molecule has 1 N–H and O–H groups in total. The van der Waals surface area contributed by atoms with Crippen LogP contribution in [0.2, 0.25) is 0 Å². The van der Waals surface area contributed by atoms with Crippen LogP contribution in [0.1, 0.15) is 29.8 Å². The first-order chi connectivity index (χ1) is 8.74. The Hall–Kier alpha value is -1.35. The maximum Gasteiger partial charge on any atom is 0.389 e. The Morgan fingerprint density at radius 1 is 1.26 bits per heavy atom. The highest BCUT2D eigenvalue weighted by Crippen LogP contribution is 2.22. The Balaban J connectivity index is 2.41. The summed E-state index contributed by atoms with van der Waals surface area (Å²) in [5.74, 6) is -0.141. The summed E-state index contributed by atoms with van der Waals surface area (Å²) in [5.41, 5.74) is 0. The molecule has 1 aromatic rings. The van der Waals surface area contributed by atoms with Crippen LogP contribution in [-0.2, 0) is 10.0 Å². The first-order valence-electron chi connectivity index (χ1n) is 5.36. The number of furan rings is 1. The van der Waals surface area contributed by atoms with Gasteiger partial charge in [-0.3, -0.25) is 4.79 Å². The van der Waals surface area contributed by atoms with Gasteiger partial charge in [0, 0.05) is 13.0 Å². The van der Waals surface area contributed by atoms with Crippen molar-refractivity contribution in [2.24, 2.45) is 0 Å². The number of hydrogen-bond acceptors (Lipinski definition) is 4. The summed E-state index contributed by atoms with van der Waals surface area (Å²) in [7, 11) is -3.92. The molecule has 0 radical (unpaired) electrons. The fourth-order valence-corrected chi connectivity index (χ4v) is 2.28. The molecule has 0 atom stereocenters. The van der Waals surface area contributed by atoms with Gasteiger partial charge in [-0.15, -0.1) is 0 Å². The van der Waals surface area contributed by atoms with E-state index < -0.39 is 27.7 Å². The van der Waals surface area contributed by atoms with Gasteiger partial charge in [-0.1, -0.05) is 0 Å². The van der Waals surface area contributed by atoms with Crippen molar-refractivity contribution in [3.8, 4) is 0 Å². The third-order valence-corrected chi connectivity index (χ3v) is 3.50. The van der Waals surface area contributed by atoms with Gasteiger partial charge in [-0.2, -0.15) is 13.2 Å². The smallest absolute Gasteiger partial charge is 0.389 e. The fourth-order valence-electron chi connectivity index (χ4n) is 1.27. The third-order valence-electron chi connectivity index (χ3n) is 2.16. The molecule has 0 aliphatic carbocycles. The van der Waals surface area contributed by atoms with Crippen LogP contribution in [0.4, 0.5) is 13.2 Å². The Morgan fingerprint density at radius 3 is 2.47 bits per heavy atom. The predicted molar refractivity (Wildman–Crippen MR) is 59.2 cm³/mol. The summed E-state index contributed by atoms with van der Waals surface area (Å²) in [5, 5.41) is -0.439. The van der Waals surface area contributed by atoms with E-state index in [1.165, 1.54) is 6.07 Å². The van der Waals surface area contributed by atoms with Crippen LogP contribution in [0.25, 0.3) is 0 Å². The normalized spacial score (nSPS) is 12.6. The van der Waals surface area contributed by atoms with Crippen LogP contribution >= 0.6 is 0 Å². The van der Waals surface area contributed by atoms with E-state index in [1.54, 1.807) is 0 Å². The second-order valence-corrected chi connectivity index (χ2v) is 5.44. The van der Waals surface area contributed by atoms with Gasteiger partial charge < -0.3 is 4.42 Å². The molecule has 19 heavy (non-hydrogen) atoms. The molecule has 0 spiro atoms. The number of carbonyl (C=O) groups is 1. The van der Waals surface area contributed by atoms with E-state index >= 15 is 0 Å². The number of unbranched alkanes of at least 4 members (excludes halogenated alkanes) is 1. The Bertz CT molecular complexity index is 521. The van der Waals surface area contributed by atoms with Crippen molar-refractivity contribution in [1.82, 2.24) is 4.72 Å². The van der Waals surface area contributed by atoms with E-state index in [2.05, 4.69) is 4.72 Å². The maximum atomic E-state index is 11.8. The average molecular weight is 299 g/mol. The quantitative estimate of drug-likeness (QED) is 0.618. The number of rotatable bonds is 7. The van der Waals surface area contributed by atoms with Crippen LogP contribution in [0.5, 0.6) is 0 Å². The molecule has 0 bridgehead atoms. The summed E-state index contributed by atoms with van der Waals surface area (Å²) >= 11 is 0. The average Bonchev–Trinajstić information content (AvgIpc) is 2.76. The Morgan fingerprint density at radius 2 is 1.95 bits per heavy atom. The molecule has 1 aromatic heterocycles. The van der Waals surface area contributed by atoms with Crippen LogP contribution in [-0.4, -0.2) is 27.4 Å². The molecular formula is C10H12F3NO4S. The molecule has 0 saturated carbocycles. The molecule has 5 nitrogen and oxygen atoms in total. The molecular weight excluding hydrogens is 287 g/mol. The lowest BCUT2D eigenvalue weighted by atomic mass is 10.2. The molecule has 108 valence electrons. The van der Waals surface area contributed by atoms with Gasteiger partial charge in [0.2, 0.25) is 5.09 Å². The molecule has 0 saturated heterocycles. The second kappa shape index (κ2) is 6.20. The number of nitrogens with one attached hydrogen (secondary N) is 1. The second-order valence-electron chi connectivity index (χ2n) is 3.74. The fraction of sp³-hybridized carbons (Fsp3) is 0.500. The van der Waals surface area contributed by atoms with Crippen molar-refractivity contribution < 1.29 is 30.8 Å². The van der Waals surface area contributed by atoms with Crippen molar-refractivity contribution >= 4 is 16.3 Å². The lowest BCUT2D eigenvalue weighted by molar-refractivity contribution is -0.135. The Labute approximate surface area is 107 Å². The maximum absolute atomic E-state index is 11.8. The first-order valence-corrected chi connectivity index (χ1v) is 6.84. The van der Waals surface area contributed by atoms with Gasteiger partial charge in [-0.25, -0.2) is 13.1 Å². The van der Waals surface area contributed by atoms with Crippen LogP contribution in [0.3, 0.4) is 0 Å². The van der Waals surface area contributed by atoms with Crippen molar-refractivity contribution in [1.29, 1.82) is 0 Å². The third kappa shape index (κ3) is 5.43. The lowest BCUT2D eigenvalue weighted by Crippen LogP contribution is -2.24. The number of carbonyl (C=O) groups excluding carboxylic acids is 1. The molecule has 1 heterocycles. The molecule has 0 fully saturated rings. The summed E-state index contributed by atoms with van der Waals surface area (Å²) in [4.78, 5) is 10.3. The summed E-state index contributed by atoms with van der Waals surface area (Å²) in [6, 6.07) is 2.28. The van der Waals surface area contributed by atoms with Crippen LogP contribution < -0.4 is 4.72 Å². The van der Waals surface area contributed by atoms with Crippen molar-refractivity contribution in [2.75, 3.05) is 6.54 Å². The summed E-state index contributed by atoms with van der Waals surface area (Å²) in [6.07, 6.45) is -4.95. The van der Waals surface area contributed by atoms with Crippen LogP contribution in [0.15, 0.2) is 21.6 Å². The monoisotopic (exact) mass is 299 g/mol. The van der Waals surface area contributed by atoms with Crippen molar-refractivity contribution in [3.05, 3.63) is 17.9 Å². The molecule has 0 aliphatic rings. The molecule has 0 aromatic carbocycles. The topological polar surface area (TPSA) is 76.4 Å². The largest absolute Gasteiger partial charge is 0.440 e. The predicted octanol–water partition coefficient (Wildman–Crippen LogP) is 2.10.